The molecule has 0 atom stereocenters. The molecule has 0 saturated carbocycles. The van der Waals surface area contributed by atoms with E-state index >= 15 is 0 Å². The summed E-state index contributed by atoms with van der Waals surface area (Å²) in [5.74, 6) is 0.900. The Morgan fingerprint density at radius 2 is 0.667 bits per heavy atom. The van der Waals surface area contributed by atoms with Gasteiger partial charge in [0, 0.05) is 5.41 Å². The SMILES string of the molecule is COc1ccc2c(c1)C(C)(C)c1cc(-c3c4ccccc4c(-c4c5ccccc5c(-c5ccc(-c6ccccc6)cc5)c5ccccc45)c4ccccc34)ccc1-2. The summed E-state index contributed by atoms with van der Waals surface area (Å²) in [6.45, 7) is 4.69. The number of benzene rings is 10. The number of hydrogen-bond acceptors (Lipinski definition) is 1. The minimum atomic E-state index is -0.164. The van der Waals surface area contributed by atoms with Crippen LogP contribution < -0.4 is 4.74 Å². The summed E-state index contributed by atoms with van der Waals surface area (Å²) in [7, 11) is 1.75. The van der Waals surface area contributed by atoms with Gasteiger partial charge in [0.05, 0.1) is 7.11 Å². The van der Waals surface area contributed by atoms with Gasteiger partial charge in [0.25, 0.3) is 0 Å². The fourth-order valence-electron chi connectivity index (χ4n) is 9.88. The Morgan fingerprint density at radius 3 is 1.14 bits per heavy atom. The molecule has 0 N–H and O–H groups in total. The predicted octanol–water partition coefficient (Wildman–Crippen LogP) is 15.3. The lowest BCUT2D eigenvalue weighted by atomic mass is 9.79. The Kier molecular flexibility index (Phi) is 7.50. The van der Waals surface area contributed by atoms with Gasteiger partial charge >= 0.3 is 0 Å². The van der Waals surface area contributed by atoms with Gasteiger partial charge in [0.15, 0.2) is 0 Å². The maximum absolute atomic E-state index is 5.67. The molecule has 0 unspecified atom stereocenters. The van der Waals surface area contributed by atoms with Crippen molar-refractivity contribution in [3.05, 3.63) is 199 Å². The van der Waals surface area contributed by atoms with Crippen LogP contribution in [0.2, 0.25) is 0 Å². The largest absolute Gasteiger partial charge is 0.497 e. The van der Waals surface area contributed by atoms with E-state index in [9.17, 15) is 0 Å². The van der Waals surface area contributed by atoms with Crippen LogP contribution in [0.15, 0.2) is 188 Å². The average Bonchev–Trinajstić information content (AvgIpc) is 3.49. The first-order valence-electron chi connectivity index (χ1n) is 19.9. The van der Waals surface area contributed by atoms with Crippen LogP contribution in [0.1, 0.15) is 25.0 Å². The molecule has 0 aromatic heterocycles. The van der Waals surface area contributed by atoms with E-state index in [0.717, 1.165) is 5.75 Å². The third-order valence-corrected chi connectivity index (χ3v) is 12.6. The van der Waals surface area contributed by atoms with Crippen LogP contribution in [0.5, 0.6) is 5.75 Å². The minimum absolute atomic E-state index is 0.164. The zero-order valence-electron chi connectivity index (χ0n) is 32.3. The Balaban J connectivity index is 1.17. The van der Waals surface area contributed by atoms with E-state index in [0.29, 0.717) is 0 Å². The van der Waals surface area contributed by atoms with Crippen molar-refractivity contribution in [1.29, 1.82) is 0 Å². The maximum Gasteiger partial charge on any atom is 0.119 e. The van der Waals surface area contributed by atoms with Crippen LogP contribution in [0.25, 0.3) is 98.7 Å². The third-order valence-electron chi connectivity index (χ3n) is 12.6. The van der Waals surface area contributed by atoms with Gasteiger partial charge in [0.1, 0.15) is 5.75 Å². The highest BCUT2D eigenvalue weighted by Crippen LogP contribution is 2.53. The first kappa shape index (κ1) is 33.4. The van der Waals surface area contributed by atoms with Gasteiger partial charge in [-0.05, 0) is 128 Å². The topological polar surface area (TPSA) is 9.23 Å². The molecule has 1 aliphatic carbocycles. The standard InChI is InChI=1S/C56H40O/c1-56(2)50-33-38(29-31-40(50)41-32-30-39(57-3)34-51(41)56)53-44-19-9-13-23-48(44)55(49-24-14-10-20-45(49)53)54-46-21-11-7-17-42(46)52(43-18-8-12-22-47(43)54)37-27-25-36(26-28-37)35-15-5-4-6-16-35/h4-34H,1-3H3. The van der Waals surface area contributed by atoms with Crippen molar-refractivity contribution >= 4 is 43.1 Å². The van der Waals surface area contributed by atoms with Crippen molar-refractivity contribution in [3.63, 3.8) is 0 Å². The molecule has 0 spiro atoms. The van der Waals surface area contributed by atoms with Gasteiger partial charge in [-0.2, -0.15) is 0 Å². The van der Waals surface area contributed by atoms with Gasteiger partial charge < -0.3 is 4.74 Å². The maximum atomic E-state index is 5.67. The lowest BCUT2D eigenvalue weighted by Crippen LogP contribution is -2.15. The van der Waals surface area contributed by atoms with Crippen LogP contribution in [-0.4, -0.2) is 7.11 Å². The second kappa shape index (κ2) is 12.8. The minimum Gasteiger partial charge on any atom is -0.497 e. The average molecular weight is 729 g/mol. The molecule has 0 bridgehead atoms. The number of ether oxygens (including phenoxy) is 1. The molecule has 11 rings (SSSR count). The quantitative estimate of drug-likeness (QED) is 0.160. The number of fused-ring (bicyclic) bond motifs is 7. The molecule has 0 fully saturated rings. The van der Waals surface area contributed by atoms with Crippen molar-refractivity contribution in [2.75, 3.05) is 7.11 Å². The van der Waals surface area contributed by atoms with E-state index < -0.39 is 0 Å². The molecular weight excluding hydrogens is 689 g/mol. The Bertz CT molecular complexity index is 3110. The van der Waals surface area contributed by atoms with Crippen molar-refractivity contribution in [1.82, 2.24) is 0 Å². The van der Waals surface area contributed by atoms with Crippen LogP contribution in [-0.2, 0) is 5.41 Å². The highest BCUT2D eigenvalue weighted by atomic mass is 16.5. The Hall–Kier alpha value is -6.96. The van der Waals surface area contributed by atoms with Gasteiger partial charge in [-0.1, -0.05) is 184 Å². The zero-order valence-corrected chi connectivity index (χ0v) is 32.3. The molecule has 0 radical (unpaired) electrons. The van der Waals surface area contributed by atoms with Crippen LogP contribution in [0, 0.1) is 0 Å². The van der Waals surface area contributed by atoms with E-state index in [-0.39, 0.29) is 5.41 Å². The molecule has 0 amide bonds. The molecule has 10 aromatic carbocycles. The smallest absolute Gasteiger partial charge is 0.119 e. The van der Waals surface area contributed by atoms with E-state index in [2.05, 4.69) is 202 Å². The monoisotopic (exact) mass is 728 g/mol. The molecule has 57 heavy (non-hydrogen) atoms. The summed E-state index contributed by atoms with van der Waals surface area (Å²) in [4.78, 5) is 0. The van der Waals surface area contributed by atoms with Crippen molar-refractivity contribution in [3.8, 4) is 61.4 Å². The Labute approximate surface area is 333 Å². The van der Waals surface area contributed by atoms with Gasteiger partial charge in [-0.25, -0.2) is 0 Å². The van der Waals surface area contributed by atoms with Gasteiger partial charge in [-0.3, -0.25) is 0 Å². The molecule has 1 aliphatic rings. The highest BCUT2D eigenvalue weighted by Gasteiger charge is 2.36. The van der Waals surface area contributed by atoms with Crippen molar-refractivity contribution in [2.24, 2.45) is 0 Å². The van der Waals surface area contributed by atoms with Crippen LogP contribution in [0.4, 0.5) is 0 Å². The summed E-state index contributed by atoms with van der Waals surface area (Å²) in [6, 6.07) is 69.5. The first-order chi connectivity index (χ1) is 28.0. The van der Waals surface area contributed by atoms with Crippen LogP contribution in [0.3, 0.4) is 0 Å². The lowest BCUT2D eigenvalue weighted by Gasteiger charge is -2.24. The molecule has 1 heteroatoms. The van der Waals surface area contributed by atoms with E-state index in [1.54, 1.807) is 7.11 Å². The van der Waals surface area contributed by atoms with E-state index in [4.69, 9.17) is 4.74 Å². The van der Waals surface area contributed by atoms with Gasteiger partial charge in [-0.15, -0.1) is 0 Å². The second-order valence-corrected chi connectivity index (χ2v) is 15.9. The molecule has 0 saturated heterocycles. The summed E-state index contributed by atoms with van der Waals surface area (Å²) >= 11 is 0. The fourth-order valence-corrected chi connectivity index (χ4v) is 9.88. The van der Waals surface area contributed by atoms with Crippen LogP contribution >= 0.6 is 0 Å². The number of rotatable bonds is 5. The van der Waals surface area contributed by atoms with E-state index in [1.807, 2.05) is 0 Å². The summed E-state index contributed by atoms with van der Waals surface area (Å²) < 4.78 is 5.67. The highest BCUT2D eigenvalue weighted by molar-refractivity contribution is 6.30. The molecular formula is C56H40O. The molecule has 0 aliphatic heterocycles. The zero-order chi connectivity index (χ0) is 38.3. The van der Waals surface area contributed by atoms with Crippen molar-refractivity contribution in [2.45, 2.75) is 19.3 Å². The molecule has 1 nitrogen and oxygen atoms in total. The van der Waals surface area contributed by atoms with Crippen molar-refractivity contribution < 1.29 is 4.74 Å². The normalized spacial score (nSPS) is 13.0. The fraction of sp³-hybridized carbons (Fsp3) is 0.0714. The van der Waals surface area contributed by atoms with E-state index in [1.165, 1.54) is 110 Å². The molecule has 10 aromatic rings. The molecule has 270 valence electrons. The first-order valence-corrected chi connectivity index (χ1v) is 19.9. The predicted molar refractivity (Wildman–Crippen MR) is 242 cm³/mol. The third kappa shape index (κ3) is 5.02. The number of hydrogen-bond donors (Lipinski definition) is 0. The number of methoxy groups -OCH3 is 1. The summed E-state index contributed by atoms with van der Waals surface area (Å²) in [5.41, 5.74) is 15.1. The lowest BCUT2D eigenvalue weighted by molar-refractivity contribution is 0.413. The van der Waals surface area contributed by atoms with Gasteiger partial charge in [0.2, 0.25) is 0 Å². The summed E-state index contributed by atoms with van der Waals surface area (Å²) in [5, 5.41) is 10.1. The Morgan fingerprint density at radius 1 is 0.316 bits per heavy atom. The summed E-state index contributed by atoms with van der Waals surface area (Å²) in [6.07, 6.45) is 0. The second-order valence-electron chi connectivity index (χ2n) is 15.9. The molecule has 0 heterocycles.